The smallest absolute Gasteiger partial charge is 0.266 e. The summed E-state index contributed by atoms with van der Waals surface area (Å²) in [4.78, 5) is 54.9. The lowest BCUT2D eigenvalue weighted by Gasteiger charge is -2.15. The molecule has 4 aromatic carbocycles. The molecule has 0 unspecified atom stereocenters. The first kappa shape index (κ1) is 24.3. The Balaban J connectivity index is 1.27. The summed E-state index contributed by atoms with van der Waals surface area (Å²) in [7, 11) is 0. The standard InChI is InChI=1S/C32H24N2O5/c1-17-5-7-21(13-19(17)3)33-29(35)25-11-9-23(15-27(25)31(33)37)39-24-10-12-26-28(16-24)32(38)34(30(26)36)22-8-6-18(2)20(4)14-22/h5-16H,1-4H3. The number of imide groups is 2. The summed E-state index contributed by atoms with van der Waals surface area (Å²) < 4.78 is 5.98. The fourth-order valence-corrected chi connectivity index (χ4v) is 4.90. The zero-order valence-corrected chi connectivity index (χ0v) is 21.9. The Morgan fingerprint density at radius 3 is 1.21 bits per heavy atom. The molecular formula is C32H24N2O5. The SMILES string of the molecule is Cc1ccc(N2C(=O)c3ccc(Oc4ccc5c(c4)C(=O)N(c4ccc(C)c(C)c4)C5=O)cc3C2=O)cc1C. The summed E-state index contributed by atoms with van der Waals surface area (Å²) in [5, 5.41) is 0. The van der Waals surface area contributed by atoms with Gasteiger partial charge in [-0.2, -0.15) is 0 Å². The van der Waals surface area contributed by atoms with E-state index in [0.29, 0.717) is 34.0 Å². The van der Waals surface area contributed by atoms with Crippen LogP contribution in [0, 0.1) is 27.7 Å². The topological polar surface area (TPSA) is 84.0 Å². The molecule has 0 bridgehead atoms. The molecule has 0 fully saturated rings. The van der Waals surface area contributed by atoms with Crippen LogP contribution >= 0.6 is 0 Å². The summed E-state index contributed by atoms with van der Waals surface area (Å²) in [6.07, 6.45) is 0. The molecule has 0 radical (unpaired) electrons. The molecule has 4 amide bonds. The molecule has 2 heterocycles. The lowest BCUT2D eigenvalue weighted by molar-refractivity contribution is 0.0910. The molecule has 39 heavy (non-hydrogen) atoms. The maximum atomic E-state index is 13.2. The minimum absolute atomic E-state index is 0.240. The molecule has 0 saturated carbocycles. The molecule has 6 rings (SSSR count). The molecule has 2 aliphatic rings. The maximum Gasteiger partial charge on any atom is 0.266 e. The predicted molar refractivity (Wildman–Crippen MR) is 147 cm³/mol. The second kappa shape index (κ2) is 8.77. The van der Waals surface area contributed by atoms with Crippen LogP contribution in [0.25, 0.3) is 0 Å². The molecule has 0 spiro atoms. The minimum atomic E-state index is -0.428. The number of aryl methyl sites for hydroxylation is 4. The third kappa shape index (κ3) is 3.82. The summed E-state index contributed by atoms with van der Waals surface area (Å²) >= 11 is 0. The highest BCUT2D eigenvalue weighted by Crippen LogP contribution is 2.35. The number of anilines is 2. The molecular weight excluding hydrogens is 492 g/mol. The van der Waals surface area contributed by atoms with Gasteiger partial charge in [-0.25, -0.2) is 9.80 Å². The van der Waals surface area contributed by atoms with Gasteiger partial charge in [0.15, 0.2) is 0 Å². The molecule has 192 valence electrons. The Labute approximate surface area is 225 Å². The number of rotatable bonds is 4. The number of carbonyl (C=O) groups excluding carboxylic acids is 4. The van der Waals surface area contributed by atoms with Crippen LogP contribution in [0.2, 0.25) is 0 Å². The van der Waals surface area contributed by atoms with Crippen molar-refractivity contribution in [3.05, 3.63) is 117 Å². The van der Waals surface area contributed by atoms with Gasteiger partial charge < -0.3 is 4.74 Å². The molecule has 0 aromatic heterocycles. The van der Waals surface area contributed by atoms with E-state index >= 15 is 0 Å². The van der Waals surface area contributed by atoms with Gasteiger partial charge in [0.1, 0.15) is 11.5 Å². The first-order valence-corrected chi connectivity index (χ1v) is 12.5. The van der Waals surface area contributed by atoms with E-state index in [1.807, 2.05) is 52.0 Å². The normalized spacial score (nSPS) is 14.3. The van der Waals surface area contributed by atoms with Crippen LogP contribution in [-0.2, 0) is 0 Å². The van der Waals surface area contributed by atoms with Gasteiger partial charge in [-0.1, -0.05) is 12.1 Å². The lowest BCUT2D eigenvalue weighted by Crippen LogP contribution is -2.29. The summed E-state index contributed by atoms with van der Waals surface area (Å²) in [6.45, 7) is 7.79. The Bertz CT molecular complexity index is 1640. The maximum absolute atomic E-state index is 13.2. The van der Waals surface area contributed by atoms with Crippen LogP contribution < -0.4 is 14.5 Å². The molecule has 4 aromatic rings. The van der Waals surface area contributed by atoms with E-state index in [-0.39, 0.29) is 11.1 Å². The third-order valence-electron chi connectivity index (χ3n) is 7.45. The number of carbonyl (C=O) groups is 4. The van der Waals surface area contributed by atoms with E-state index in [1.165, 1.54) is 21.9 Å². The lowest BCUT2D eigenvalue weighted by atomic mass is 10.1. The number of fused-ring (bicyclic) bond motifs is 2. The van der Waals surface area contributed by atoms with Gasteiger partial charge in [-0.05, 0) is 111 Å². The summed E-state index contributed by atoms with van der Waals surface area (Å²) in [5.74, 6) is -0.972. The Morgan fingerprint density at radius 1 is 0.436 bits per heavy atom. The highest BCUT2D eigenvalue weighted by atomic mass is 16.5. The first-order valence-electron chi connectivity index (χ1n) is 12.5. The monoisotopic (exact) mass is 516 g/mol. The Morgan fingerprint density at radius 2 is 0.821 bits per heavy atom. The van der Waals surface area contributed by atoms with Crippen molar-refractivity contribution in [2.24, 2.45) is 0 Å². The summed E-state index contributed by atoms with van der Waals surface area (Å²) in [6, 6.07) is 20.3. The van der Waals surface area contributed by atoms with Crippen LogP contribution in [0.15, 0.2) is 72.8 Å². The van der Waals surface area contributed by atoms with E-state index in [1.54, 1.807) is 36.4 Å². The van der Waals surface area contributed by atoms with Crippen LogP contribution in [0.1, 0.15) is 63.7 Å². The van der Waals surface area contributed by atoms with Gasteiger partial charge in [0.05, 0.1) is 33.6 Å². The van der Waals surface area contributed by atoms with E-state index in [0.717, 1.165) is 22.3 Å². The van der Waals surface area contributed by atoms with E-state index in [2.05, 4.69) is 0 Å². The number of nitrogens with zero attached hydrogens (tertiary/aromatic N) is 2. The van der Waals surface area contributed by atoms with Gasteiger partial charge in [-0.15, -0.1) is 0 Å². The largest absolute Gasteiger partial charge is 0.457 e. The zero-order chi connectivity index (χ0) is 27.6. The Hall–Kier alpha value is -5.04. The average molecular weight is 517 g/mol. The van der Waals surface area contributed by atoms with Crippen molar-refractivity contribution in [2.45, 2.75) is 27.7 Å². The van der Waals surface area contributed by atoms with E-state index < -0.39 is 23.6 Å². The second-order valence-electron chi connectivity index (χ2n) is 9.95. The summed E-state index contributed by atoms with van der Waals surface area (Å²) in [5.41, 5.74) is 6.20. The first-order chi connectivity index (χ1) is 18.6. The highest BCUT2D eigenvalue weighted by molar-refractivity contribution is 6.35. The Kier molecular flexibility index (Phi) is 5.47. The molecule has 0 atom stereocenters. The fraction of sp³-hybridized carbons (Fsp3) is 0.125. The number of hydrogen-bond donors (Lipinski definition) is 0. The number of hydrogen-bond acceptors (Lipinski definition) is 5. The van der Waals surface area contributed by atoms with Gasteiger partial charge in [0.25, 0.3) is 23.6 Å². The van der Waals surface area contributed by atoms with Crippen molar-refractivity contribution < 1.29 is 23.9 Å². The van der Waals surface area contributed by atoms with Crippen molar-refractivity contribution >= 4 is 35.0 Å². The van der Waals surface area contributed by atoms with Gasteiger partial charge in [0.2, 0.25) is 0 Å². The predicted octanol–water partition coefficient (Wildman–Crippen LogP) is 6.31. The molecule has 7 nitrogen and oxygen atoms in total. The van der Waals surface area contributed by atoms with E-state index in [9.17, 15) is 19.2 Å². The molecule has 7 heteroatoms. The van der Waals surface area contributed by atoms with Crippen molar-refractivity contribution in [3.63, 3.8) is 0 Å². The van der Waals surface area contributed by atoms with Crippen LogP contribution in [0.5, 0.6) is 11.5 Å². The molecule has 0 N–H and O–H groups in total. The van der Waals surface area contributed by atoms with Crippen molar-refractivity contribution in [1.29, 1.82) is 0 Å². The van der Waals surface area contributed by atoms with Gasteiger partial charge in [0, 0.05) is 0 Å². The quantitative estimate of drug-likeness (QED) is 0.297. The van der Waals surface area contributed by atoms with Crippen LogP contribution in [0.3, 0.4) is 0 Å². The van der Waals surface area contributed by atoms with Crippen molar-refractivity contribution in [1.82, 2.24) is 0 Å². The molecule has 2 aliphatic heterocycles. The van der Waals surface area contributed by atoms with E-state index in [4.69, 9.17) is 4.74 Å². The molecule has 0 aliphatic carbocycles. The third-order valence-corrected chi connectivity index (χ3v) is 7.45. The van der Waals surface area contributed by atoms with Crippen LogP contribution in [-0.4, -0.2) is 23.6 Å². The van der Waals surface area contributed by atoms with Gasteiger partial charge >= 0.3 is 0 Å². The fourth-order valence-electron chi connectivity index (χ4n) is 4.90. The average Bonchev–Trinajstić information content (AvgIpc) is 3.31. The minimum Gasteiger partial charge on any atom is -0.457 e. The zero-order valence-electron chi connectivity index (χ0n) is 21.9. The van der Waals surface area contributed by atoms with Gasteiger partial charge in [-0.3, -0.25) is 19.2 Å². The van der Waals surface area contributed by atoms with Crippen molar-refractivity contribution in [2.75, 3.05) is 9.80 Å². The molecule has 0 saturated heterocycles. The number of amides is 4. The second-order valence-corrected chi connectivity index (χ2v) is 9.95. The number of ether oxygens (including phenoxy) is 1. The highest BCUT2D eigenvalue weighted by Gasteiger charge is 2.38. The van der Waals surface area contributed by atoms with Crippen LogP contribution in [0.4, 0.5) is 11.4 Å². The van der Waals surface area contributed by atoms with Crippen molar-refractivity contribution in [3.8, 4) is 11.5 Å². The number of benzene rings is 4.